The fourth-order valence-electron chi connectivity index (χ4n) is 4.46. The minimum absolute atomic E-state index is 0.0460. The molecule has 5 rings (SSSR count). The van der Waals surface area contributed by atoms with E-state index in [1.54, 1.807) is 18.0 Å². The van der Waals surface area contributed by atoms with Gasteiger partial charge in [0.1, 0.15) is 12.9 Å². The highest BCUT2D eigenvalue weighted by Gasteiger charge is 2.46. The van der Waals surface area contributed by atoms with Crippen molar-refractivity contribution >= 4 is 11.9 Å². The van der Waals surface area contributed by atoms with Crippen LogP contribution in [0.15, 0.2) is 36.1 Å². The number of esters is 1. The number of tetrazole rings is 1. The van der Waals surface area contributed by atoms with E-state index in [1.165, 1.54) is 11.0 Å². The Bertz CT molecular complexity index is 1120. The topological polar surface area (TPSA) is 119 Å². The smallest absolute Gasteiger partial charge is 0.336 e. The normalized spacial score (nSPS) is 20.6. The molecule has 1 saturated heterocycles. The number of hydrogen-bond acceptors (Lipinski definition) is 9. The highest BCUT2D eigenvalue weighted by atomic mass is 16.5. The van der Waals surface area contributed by atoms with E-state index in [0.717, 1.165) is 50.3 Å². The van der Waals surface area contributed by atoms with Crippen molar-refractivity contribution in [2.75, 3.05) is 26.2 Å². The van der Waals surface area contributed by atoms with E-state index >= 15 is 0 Å². The second-order valence-corrected chi connectivity index (χ2v) is 8.40. The van der Waals surface area contributed by atoms with Gasteiger partial charge < -0.3 is 9.64 Å². The van der Waals surface area contributed by atoms with E-state index in [2.05, 4.69) is 30.4 Å². The average molecular weight is 436 g/mol. The molecule has 1 fully saturated rings. The second-order valence-electron chi connectivity index (χ2n) is 8.40. The monoisotopic (exact) mass is 436 g/mol. The SMILES string of the molecule is CC1=C(N2C=CC3(CCN(CCc4ncc(-n5cnnn5)nc4C)CC3)C2=O)COC1=O. The number of amides is 1. The van der Waals surface area contributed by atoms with Crippen molar-refractivity contribution in [2.24, 2.45) is 5.41 Å². The van der Waals surface area contributed by atoms with Crippen LogP contribution in [0, 0.1) is 12.3 Å². The largest absolute Gasteiger partial charge is 0.456 e. The maximum atomic E-state index is 13.2. The summed E-state index contributed by atoms with van der Waals surface area (Å²) in [6, 6.07) is 0. The first-order valence-electron chi connectivity index (χ1n) is 10.6. The third-order valence-electron chi connectivity index (χ3n) is 6.59. The number of piperidine rings is 1. The van der Waals surface area contributed by atoms with Crippen molar-refractivity contribution in [3.63, 3.8) is 0 Å². The second kappa shape index (κ2) is 7.90. The summed E-state index contributed by atoms with van der Waals surface area (Å²) in [5, 5.41) is 11.1. The van der Waals surface area contributed by atoms with Gasteiger partial charge in [-0.25, -0.2) is 9.78 Å². The predicted octanol–water partition coefficient (Wildman–Crippen LogP) is 0.572. The molecule has 32 heavy (non-hydrogen) atoms. The lowest BCUT2D eigenvalue weighted by Crippen LogP contribution is -2.45. The minimum atomic E-state index is -0.487. The number of rotatable bonds is 5. The van der Waals surface area contributed by atoms with Gasteiger partial charge in [0.2, 0.25) is 5.91 Å². The Kier molecular flexibility index (Phi) is 5.04. The summed E-state index contributed by atoms with van der Waals surface area (Å²) in [6.07, 6.45) is 9.26. The molecular weight excluding hydrogens is 412 g/mol. The van der Waals surface area contributed by atoms with Gasteiger partial charge in [0, 0.05) is 19.2 Å². The van der Waals surface area contributed by atoms with Crippen molar-refractivity contribution in [3.8, 4) is 5.82 Å². The molecule has 0 radical (unpaired) electrons. The van der Waals surface area contributed by atoms with E-state index in [9.17, 15) is 9.59 Å². The zero-order chi connectivity index (χ0) is 22.3. The molecule has 2 aromatic heterocycles. The summed E-state index contributed by atoms with van der Waals surface area (Å²) in [5.74, 6) is 0.290. The number of likely N-dealkylation sites (tertiary alicyclic amines) is 1. The Hall–Kier alpha value is -3.47. The van der Waals surface area contributed by atoms with Crippen LogP contribution in [0.4, 0.5) is 0 Å². The van der Waals surface area contributed by atoms with E-state index in [0.29, 0.717) is 17.1 Å². The van der Waals surface area contributed by atoms with Crippen molar-refractivity contribution < 1.29 is 14.3 Å². The standard InChI is InChI=1S/C21H24N8O3/c1-14-17(12-32-19(14)30)28-10-6-21(20(28)31)4-8-27(9-5-21)7-3-16-15(2)24-18(11-22-16)29-13-23-25-26-29/h6,10-11,13H,3-5,7-9,12H2,1-2H3. The maximum absolute atomic E-state index is 13.2. The van der Waals surface area contributed by atoms with Crippen LogP contribution in [0.2, 0.25) is 0 Å². The fourth-order valence-corrected chi connectivity index (χ4v) is 4.46. The van der Waals surface area contributed by atoms with Gasteiger partial charge in [0.15, 0.2) is 5.82 Å². The number of ether oxygens (including phenoxy) is 1. The number of cyclic esters (lactones) is 1. The molecule has 11 heteroatoms. The Balaban J connectivity index is 1.18. The van der Waals surface area contributed by atoms with Gasteiger partial charge in [0.05, 0.1) is 34.3 Å². The Morgan fingerprint density at radius 1 is 1.19 bits per heavy atom. The molecule has 0 aliphatic carbocycles. The summed E-state index contributed by atoms with van der Waals surface area (Å²) in [5.41, 5.74) is 2.49. The number of carbonyl (C=O) groups excluding carboxylic acids is 2. The molecule has 0 bridgehead atoms. The van der Waals surface area contributed by atoms with Crippen LogP contribution in [0.3, 0.4) is 0 Å². The van der Waals surface area contributed by atoms with Gasteiger partial charge in [-0.1, -0.05) is 6.08 Å². The average Bonchev–Trinajstić information content (AvgIpc) is 3.52. The lowest BCUT2D eigenvalue weighted by Gasteiger charge is -2.37. The van der Waals surface area contributed by atoms with Crippen molar-refractivity contribution in [1.29, 1.82) is 0 Å². The zero-order valence-corrected chi connectivity index (χ0v) is 18.1. The van der Waals surface area contributed by atoms with Gasteiger partial charge >= 0.3 is 5.97 Å². The molecule has 0 N–H and O–H groups in total. The van der Waals surface area contributed by atoms with Crippen LogP contribution in [-0.4, -0.2) is 78.1 Å². The third-order valence-corrected chi connectivity index (χ3v) is 6.59. The molecule has 1 spiro atoms. The summed E-state index contributed by atoms with van der Waals surface area (Å²) in [4.78, 5) is 37.9. The number of aryl methyl sites for hydroxylation is 1. The lowest BCUT2D eigenvalue weighted by atomic mass is 9.78. The molecule has 0 saturated carbocycles. The van der Waals surface area contributed by atoms with Gasteiger partial charge in [-0.15, -0.1) is 5.10 Å². The van der Waals surface area contributed by atoms with Gasteiger partial charge in [-0.3, -0.25) is 14.7 Å². The summed E-state index contributed by atoms with van der Waals surface area (Å²) in [6.45, 7) is 6.31. The minimum Gasteiger partial charge on any atom is -0.456 e. The molecule has 5 heterocycles. The first kappa shape index (κ1) is 20.4. The summed E-state index contributed by atoms with van der Waals surface area (Å²) >= 11 is 0. The summed E-state index contributed by atoms with van der Waals surface area (Å²) in [7, 11) is 0. The molecule has 166 valence electrons. The first-order valence-corrected chi connectivity index (χ1v) is 10.6. The number of nitrogens with zero attached hydrogens (tertiary/aromatic N) is 8. The van der Waals surface area contributed by atoms with Crippen molar-refractivity contribution in [1.82, 2.24) is 40.0 Å². The van der Waals surface area contributed by atoms with Crippen molar-refractivity contribution in [3.05, 3.63) is 47.5 Å². The van der Waals surface area contributed by atoms with E-state index < -0.39 is 5.41 Å². The number of aromatic nitrogens is 6. The zero-order valence-electron chi connectivity index (χ0n) is 18.1. The molecule has 3 aliphatic heterocycles. The predicted molar refractivity (Wildman–Crippen MR) is 111 cm³/mol. The van der Waals surface area contributed by atoms with Crippen LogP contribution < -0.4 is 0 Å². The third kappa shape index (κ3) is 3.48. The quantitative estimate of drug-likeness (QED) is 0.620. The first-order chi connectivity index (χ1) is 15.5. The summed E-state index contributed by atoms with van der Waals surface area (Å²) < 4.78 is 6.55. The van der Waals surface area contributed by atoms with Gasteiger partial charge in [0.25, 0.3) is 0 Å². The molecule has 0 aromatic carbocycles. The maximum Gasteiger partial charge on any atom is 0.336 e. The fraction of sp³-hybridized carbons (Fsp3) is 0.476. The number of carbonyl (C=O) groups is 2. The van der Waals surface area contributed by atoms with Gasteiger partial charge in [-0.2, -0.15) is 4.68 Å². The van der Waals surface area contributed by atoms with E-state index in [1.807, 2.05) is 19.2 Å². The van der Waals surface area contributed by atoms with Crippen LogP contribution in [0.5, 0.6) is 0 Å². The Morgan fingerprint density at radius 3 is 2.66 bits per heavy atom. The Morgan fingerprint density at radius 2 is 2.00 bits per heavy atom. The molecule has 0 unspecified atom stereocenters. The molecule has 0 atom stereocenters. The number of hydrogen-bond donors (Lipinski definition) is 0. The van der Waals surface area contributed by atoms with Crippen LogP contribution in [0.1, 0.15) is 31.2 Å². The highest BCUT2D eigenvalue weighted by Crippen LogP contribution is 2.41. The van der Waals surface area contributed by atoms with Crippen LogP contribution in [0.25, 0.3) is 5.82 Å². The van der Waals surface area contributed by atoms with Crippen molar-refractivity contribution in [2.45, 2.75) is 33.1 Å². The van der Waals surface area contributed by atoms with E-state index in [-0.39, 0.29) is 18.5 Å². The van der Waals surface area contributed by atoms with E-state index in [4.69, 9.17) is 4.74 Å². The Labute approximate surface area is 184 Å². The molecule has 1 amide bonds. The lowest BCUT2D eigenvalue weighted by molar-refractivity contribution is -0.138. The molecule has 2 aromatic rings. The molecule has 11 nitrogen and oxygen atoms in total. The molecular formula is C21H24N8O3. The van der Waals surface area contributed by atoms with Gasteiger partial charge in [-0.05, 0) is 50.2 Å². The van der Waals surface area contributed by atoms with Crippen LogP contribution in [-0.2, 0) is 20.7 Å². The molecule has 3 aliphatic rings. The van der Waals surface area contributed by atoms with Crippen LogP contribution >= 0.6 is 0 Å². The highest BCUT2D eigenvalue weighted by molar-refractivity contribution is 5.95.